The summed E-state index contributed by atoms with van der Waals surface area (Å²) in [6, 6.07) is -0.0545. The lowest BCUT2D eigenvalue weighted by atomic mass is 10.0. The number of hydrogen-bond acceptors (Lipinski definition) is 3. The average Bonchev–Trinajstić information content (AvgIpc) is 2.14. The summed E-state index contributed by atoms with van der Waals surface area (Å²) in [5, 5.41) is 2.94. The molecule has 90 valence electrons. The van der Waals surface area contributed by atoms with E-state index in [4.69, 9.17) is 11.5 Å². The second-order valence-electron chi connectivity index (χ2n) is 4.72. The third-order valence-electron chi connectivity index (χ3n) is 2.59. The topological polar surface area (TPSA) is 81.1 Å². The van der Waals surface area contributed by atoms with Crippen LogP contribution in [0.25, 0.3) is 0 Å². The van der Waals surface area contributed by atoms with Crippen molar-refractivity contribution in [2.75, 3.05) is 6.54 Å². The fourth-order valence-electron chi connectivity index (χ4n) is 1.35. The van der Waals surface area contributed by atoms with Crippen LogP contribution in [0.3, 0.4) is 0 Å². The zero-order valence-electron chi connectivity index (χ0n) is 10.3. The van der Waals surface area contributed by atoms with Crippen molar-refractivity contribution in [3.8, 4) is 0 Å². The fourth-order valence-corrected chi connectivity index (χ4v) is 1.35. The zero-order valence-corrected chi connectivity index (χ0v) is 10.3. The van der Waals surface area contributed by atoms with Crippen molar-refractivity contribution in [1.29, 1.82) is 0 Å². The molecule has 4 nitrogen and oxygen atoms in total. The van der Waals surface area contributed by atoms with Crippen LogP contribution < -0.4 is 16.8 Å². The Morgan fingerprint density at radius 2 is 1.80 bits per heavy atom. The summed E-state index contributed by atoms with van der Waals surface area (Å²) in [5.41, 5.74) is 11.3. The molecule has 0 spiro atoms. The Kier molecular flexibility index (Phi) is 6.52. The molecule has 0 radical (unpaired) electrons. The highest BCUT2D eigenvalue weighted by Crippen LogP contribution is 2.06. The van der Waals surface area contributed by atoms with E-state index >= 15 is 0 Å². The van der Waals surface area contributed by atoms with Crippen molar-refractivity contribution in [3.63, 3.8) is 0 Å². The Morgan fingerprint density at radius 3 is 2.13 bits per heavy atom. The third kappa shape index (κ3) is 5.74. The first-order valence-corrected chi connectivity index (χ1v) is 5.64. The van der Waals surface area contributed by atoms with Crippen LogP contribution in [0, 0.1) is 11.8 Å². The molecule has 0 saturated carbocycles. The molecule has 0 heterocycles. The minimum Gasteiger partial charge on any atom is -0.352 e. The van der Waals surface area contributed by atoms with Crippen LogP contribution in [0.1, 0.15) is 34.1 Å². The molecule has 0 aliphatic heterocycles. The largest absolute Gasteiger partial charge is 0.352 e. The van der Waals surface area contributed by atoms with Gasteiger partial charge < -0.3 is 16.8 Å². The van der Waals surface area contributed by atoms with Crippen molar-refractivity contribution in [2.24, 2.45) is 23.3 Å². The molecular weight excluding hydrogens is 190 g/mol. The van der Waals surface area contributed by atoms with Crippen LogP contribution in [0.2, 0.25) is 0 Å². The summed E-state index contributed by atoms with van der Waals surface area (Å²) < 4.78 is 0. The van der Waals surface area contributed by atoms with Gasteiger partial charge in [0.2, 0.25) is 5.91 Å². The Bertz CT molecular complexity index is 192. The molecule has 3 atom stereocenters. The first-order chi connectivity index (χ1) is 6.88. The molecule has 5 N–H and O–H groups in total. The van der Waals surface area contributed by atoms with Crippen LogP contribution in [0.5, 0.6) is 0 Å². The predicted octanol–water partition coefficient (Wildman–Crippen LogP) is 0.459. The van der Waals surface area contributed by atoms with E-state index in [0.29, 0.717) is 12.5 Å². The van der Waals surface area contributed by atoms with E-state index < -0.39 is 0 Å². The van der Waals surface area contributed by atoms with Gasteiger partial charge in [-0.2, -0.15) is 0 Å². The molecule has 15 heavy (non-hydrogen) atoms. The summed E-state index contributed by atoms with van der Waals surface area (Å²) in [6.07, 6.45) is 0.911. The first kappa shape index (κ1) is 14.4. The van der Waals surface area contributed by atoms with Gasteiger partial charge in [-0.25, -0.2) is 0 Å². The smallest absolute Gasteiger partial charge is 0.224 e. The molecule has 0 aliphatic carbocycles. The molecule has 3 unspecified atom stereocenters. The Hall–Kier alpha value is -0.610. The van der Waals surface area contributed by atoms with E-state index in [2.05, 4.69) is 19.2 Å². The SMILES string of the molecule is CC(C)CC(CN)NC(=O)C(C)C(C)N. The highest BCUT2D eigenvalue weighted by Gasteiger charge is 2.20. The second-order valence-corrected chi connectivity index (χ2v) is 4.72. The van der Waals surface area contributed by atoms with Gasteiger partial charge in [-0.1, -0.05) is 20.8 Å². The minimum absolute atomic E-state index is 0.00102. The van der Waals surface area contributed by atoms with E-state index in [-0.39, 0.29) is 23.9 Å². The van der Waals surface area contributed by atoms with Crippen molar-refractivity contribution in [1.82, 2.24) is 5.32 Å². The highest BCUT2D eigenvalue weighted by atomic mass is 16.1. The molecule has 0 aromatic carbocycles. The summed E-state index contributed by atoms with van der Waals surface area (Å²) in [5.74, 6) is 0.372. The van der Waals surface area contributed by atoms with Crippen LogP contribution in [0.4, 0.5) is 0 Å². The zero-order chi connectivity index (χ0) is 12.0. The second kappa shape index (κ2) is 6.80. The molecule has 0 aliphatic rings. The van der Waals surface area contributed by atoms with Crippen LogP contribution >= 0.6 is 0 Å². The lowest BCUT2D eigenvalue weighted by Gasteiger charge is -2.22. The monoisotopic (exact) mass is 215 g/mol. The van der Waals surface area contributed by atoms with Gasteiger partial charge >= 0.3 is 0 Å². The van der Waals surface area contributed by atoms with Crippen LogP contribution in [-0.4, -0.2) is 24.5 Å². The number of nitrogens with one attached hydrogen (secondary N) is 1. The maximum absolute atomic E-state index is 11.7. The van der Waals surface area contributed by atoms with Gasteiger partial charge in [0.05, 0.1) is 0 Å². The molecule has 4 heteroatoms. The average molecular weight is 215 g/mol. The number of nitrogens with two attached hydrogens (primary N) is 2. The lowest BCUT2D eigenvalue weighted by molar-refractivity contribution is -0.125. The standard InChI is InChI=1S/C11H25N3O/c1-7(2)5-10(6-12)14-11(15)8(3)9(4)13/h7-10H,5-6,12-13H2,1-4H3,(H,14,15). The van der Waals surface area contributed by atoms with Gasteiger partial charge in [0.25, 0.3) is 0 Å². The summed E-state index contributed by atoms with van der Waals surface area (Å²) in [6.45, 7) is 8.39. The molecule has 0 aromatic heterocycles. The maximum atomic E-state index is 11.7. The van der Waals surface area contributed by atoms with Gasteiger partial charge in [-0.05, 0) is 19.3 Å². The van der Waals surface area contributed by atoms with E-state index in [0.717, 1.165) is 6.42 Å². The normalized spacial score (nSPS) is 17.3. The molecule has 0 rings (SSSR count). The van der Waals surface area contributed by atoms with Crippen LogP contribution in [-0.2, 0) is 4.79 Å². The quantitative estimate of drug-likeness (QED) is 0.602. The molecule has 1 amide bonds. The number of carbonyl (C=O) groups is 1. The van der Waals surface area contributed by atoms with Gasteiger partial charge in [0, 0.05) is 24.5 Å². The molecule has 0 aromatic rings. The van der Waals surface area contributed by atoms with E-state index in [9.17, 15) is 4.79 Å². The minimum atomic E-state index is -0.161. The summed E-state index contributed by atoms with van der Waals surface area (Å²) in [7, 11) is 0. The van der Waals surface area contributed by atoms with Gasteiger partial charge in [-0.15, -0.1) is 0 Å². The fraction of sp³-hybridized carbons (Fsp3) is 0.909. The van der Waals surface area contributed by atoms with E-state index in [1.165, 1.54) is 0 Å². The van der Waals surface area contributed by atoms with Crippen LogP contribution in [0.15, 0.2) is 0 Å². The van der Waals surface area contributed by atoms with Crippen molar-refractivity contribution in [3.05, 3.63) is 0 Å². The summed E-state index contributed by atoms with van der Waals surface area (Å²) >= 11 is 0. The van der Waals surface area contributed by atoms with Gasteiger partial charge in [0.15, 0.2) is 0 Å². The van der Waals surface area contributed by atoms with Crippen molar-refractivity contribution in [2.45, 2.75) is 46.2 Å². The number of carbonyl (C=O) groups excluding carboxylic acids is 1. The molecule has 0 bridgehead atoms. The first-order valence-electron chi connectivity index (χ1n) is 5.64. The Balaban J connectivity index is 4.12. The van der Waals surface area contributed by atoms with Gasteiger partial charge in [-0.3, -0.25) is 4.79 Å². The number of amides is 1. The Labute approximate surface area is 92.8 Å². The molecular formula is C11H25N3O. The van der Waals surface area contributed by atoms with Crippen molar-refractivity contribution < 1.29 is 4.79 Å². The van der Waals surface area contributed by atoms with Gasteiger partial charge in [0.1, 0.15) is 0 Å². The Morgan fingerprint density at radius 1 is 1.27 bits per heavy atom. The number of hydrogen-bond donors (Lipinski definition) is 3. The predicted molar refractivity (Wildman–Crippen MR) is 63.3 cm³/mol. The summed E-state index contributed by atoms with van der Waals surface area (Å²) in [4.78, 5) is 11.7. The third-order valence-corrected chi connectivity index (χ3v) is 2.59. The number of rotatable bonds is 6. The maximum Gasteiger partial charge on any atom is 0.224 e. The van der Waals surface area contributed by atoms with E-state index in [1.807, 2.05) is 13.8 Å². The molecule has 0 saturated heterocycles. The van der Waals surface area contributed by atoms with Crippen molar-refractivity contribution >= 4 is 5.91 Å². The lowest BCUT2D eigenvalue weighted by Crippen LogP contribution is -2.46. The highest BCUT2D eigenvalue weighted by molar-refractivity contribution is 5.79. The molecule has 0 fully saturated rings. The van der Waals surface area contributed by atoms with E-state index in [1.54, 1.807) is 0 Å².